The molecular formula is C21H30N6O. The molecule has 0 aliphatic carbocycles. The second-order valence-electron chi connectivity index (χ2n) is 7.45. The predicted octanol–water partition coefficient (Wildman–Crippen LogP) is 2.06. The molecule has 2 heterocycles. The fourth-order valence-corrected chi connectivity index (χ4v) is 3.07. The van der Waals surface area contributed by atoms with Crippen LogP contribution >= 0.6 is 0 Å². The third-order valence-corrected chi connectivity index (χ3v) is 4.88. The summed E-state index contributed by atoms with van der Waals surface area (Å²) in [5.41, 5.74) is 3.28. The van der Waals surface area contributed by atoms with Crippen molar-refractivity contribution in [2.45, 2.75) is 0 Å². The van der Waals surface area contributed by atoms with Gasteiger partial charge in [-0.25, -0.2) is 4.98 Å². The number of piperazine rings is 1. The minimum Gasteiger partial charge on any atom is -0.383 e. The van der Waals surface area contributed by atoms with Gasteiger partial charge in [0.25, 0.3) is 5.91 Å². The van der Waals surface area contributed by atoms with Crippen LogP contribution in [0.4, 0.5) is 17.1 Å². The van der Waals surface area contributed by atoms with Crippen LogP contribution in [0.25, 0.3) is 0 Å². The van der Waals surface area contributed by atoms with Crippen LogP contribution in [0.1, 0.15) is 10.5 Å². The van der Waals surface area contributed by atoms with E-state index < -0.39 is 0 Å². The van der Waals surface area contributed by atoms with Crippen LogP contribution in [0, 0.1) is 0 Å². The van der Waals surface area contributed by atoms with Gasteiger partial charge in [0.1, 0.15) is 5.69 Å². The van der Waals surface area contributed by atoms with Gasteiger partial charge in [0, 0.05) is 50.6 Å². The Labute approximate surface area is 167 Å². The summed E-state index contributed by atoms with van der Waals surface area (Å²) < 4.78 is 0. The van der Waals surface area contributed by atoms with Gasteiger partial charge in [-0.1, -0.05) is 0 Å². The van der Waals surface area contributed by atoms with Crippen molar-refractivity contribution >= 4 is 23.0 Å². The maximum atomic E-state index is 12.4. The second kappa shape index (κ2) is 9.52. The molecule has 2 N–H and O–H groups in total. The van der Waals surface area contributed by atoms with E-state index in [-0.39, 0.29) is 5.91 Å². The number of amides is 1. The third-order valence-electron chi connectivity index (χ3n) is 4.88. The highest BCUT2D eigenvalue weighted by atomic mass is 16.1. The molecule has 1 aromatic heterocycles. The fraction of sp³-hybridized carbons (Fsp3) is 0.429. The first kappa shape index (κ1) is 20.1. The van der Waals surface area contributed by atoms with Gasteiger partial charge in [-0.05, 0) is 57.5 Å². The Morgan fingerprint density at radius 3 is 2.32 bits per heavy atom. The zero-order valence-electron chi connectivity index (χ0n) is 17.0. The van der Waals surface area contributed by atoms with E-state index in [1.807, 2.05) is 32.3 Å². The van der Waals surface area contributed by atoms with Crippen molar-refractivity contribution in [1.29, 1.82) is 0 Å². The molecule has 150 valence electrons. The number of anilines is 3. The number of hydrogen-bond donors (Lipinski definition) is 2. The van der Waals surface area contributed by atoms with E-state index in [1.54, 1.807) is 12.3 Å². The van der Waals surface area contributed by atoms with Gasteiger partial charge in [0.05, 0.1) is 11.9 Å². The SMILES string of the molecule is CN(C)CCNc1ccc(C(=O)Nc2ccc(N3CCN(C)CC3)cc2)nc1. The monoisotopic (exact) mass is 382 g/mol. The summed E-state index contributed by atoms with van der Waals surface area (Å²) in [6.45, 7) is 5.97. The number of benzene rings is 1. The Balaban J connectivity index is 1.52. The number of carbonyl (C=O) groups excluding carboxylic acids is 1. The Morgan fingerprint density at radius 2 is 1.71 bits per heavy atom. The lowest BCUT2D eigenvalue weighted by atomic mass is 10.2. The van der Waals surface area contributed by atoms with Crippen molar-refractivity contribution in [1.82, 2.24) is 14.8 Å². The zero-order chi connectivity index (χ0) is 19.9. The number of nitrogens with zero attached hydrogens (tertiary/aromatic N) is 4. The van der Waals surface area contributed by atoms with E-state index in [2.05, 4.69) is 49.5 Å². The summed E-state index contributed by atoms with van der Waals surface area (Å²) in [6, 6.07) is 11.6. The van der Waals surface area contributed by atoms with Gasteiger partial charge < -0.3 is 25.3 Å². The first-order valence-corrected chi connectivity index (χ1v) is 9.71. The fourth-order valence-electron chi connectivity index (χ4n) is 3.07. The van der Waals surface area contributed by atoms with Crippen molar-refractivity contribution in [2.24, 2.45) is 0 Å². The highest BCUT2D eigenvalue weighted by molar-refractivity contribution is 6.03. The van der Waals surface area contributed by atoms with E-state index in [4.69, 9.17) is 0 Å². The Hall–Kier alpha value is -2.64. The van der Waals surface area contributed by atoms with Crippen molar-refractivity contribution < 1.29 is 4.79 Å². The molecule has 1 fully saturated rings. The van der Waals surface area contributed by atoms with Crippen LogP contribution in [0.15, 0.2) is 42.6 Å². The first-order chi connectivity index (χ1) is 13.5. The Bertz CT molecular complexity index is 751. The Kier molecular flexibility index (Phi) is 6.84. The largest absolute Gasteiger partial charge is 0.383 e. The molecule has 0 radical (unpaired) electrons. The number of rotatable bonds is 7. The number of carbonyl (C=O) groups is 1. The van der Waals surface area contributed by atoms with E-state index in [0.717, 1.165) is 50.6 Å². The number of hydrogen-bond acceptors (Lipinski definition) is 6. The van der Waals surface area contributed by atoms with Crippen molar-refractivity contribution in [3.05, 3.63) is 48.3 Å². The molecular weight excluding hydrogens is 352 g/mol. The average Bonchev–Trinajstić information content (AvgIpc) is 2.69. The summed E-state index contributed by atoms with van der Waals surface area (Å²) in [6.07, 6.45) is 1.70. The van der Waals surface area contributed by atoms with E-state index >= 15 is 0 Å². The molecule has 1 saturated heterocycles. The van der Waals surface area contributed by atoms with Crippen LogP contribution in [0.5, 0.6) is 0 Å². The standard InChI is InChI=1S/C21H30N6O/c1-25(2)11-10-22-18-6-9-20(23-16-18)21(28)24-17-4-7-19(8-5-17)27-14-12-26(3)13-15-27/h4-9,16,22H,10-15H2,1-3H3,(H,24,28). The number of aromatic nitrogens is 1. The molecule has 7 heteroatoms. The topological polar surface area (TPSA) is 63.7 Å². The lowest BCUT2D eigenvalue weighted by molar-refractivity contribution is 0.102. The molecule has 1 aromatic carbocycles. The van der Waals surface area contributed by atoms with Crippen molar-refractivity contribution in [3.8, 4) is 0 Å². The van der Waals surface area contributed by atoms with E-state index in [1.165, 1.54) is 5.69 Å². The smallest absolute Gasteiger partial charge is 0.274 e. The van der Waals surface area contributed by atoms with Crippen LogP contribution in [-0.4, -0.2) is 81.1 Å². The zero-order valence-corrected chi connectivity index (χ0v) is 17.0. The number of likely N-dealkylation sites (N-methyl/N-ethyl adjacent to an activating group) is 2. The van der Waals surface area contributed by atoms with Gasteiger partial charge in [-0.15, -0.1) is 0 Å². The van der Waals surface area contributed by atoms with E-state index in [0.29, 0.717) is 5.69 Å². The molecule has 0 unspecified atom stereocenters. The summed E-state index contributed by atoms with van der Waals surface area (Å²) >= 11 is 0. The summed E-state index contributed by atoms with van der Waals surface area (Å²) in [4.78, 5) is 23.5. The predicted molar refractivity (Wildman–Crippen MR) is 115 cm³/mol. The lowest BCUT2D eigenvalue weighted by Gasteiger charge is -2.34. The molecule has 28 heavy (non-hydrogen) atoms. The van der Waals surface area contributed by atoms with Gasteiger partial charge in [-0.2, -0.15) is 0 Å². The normalized spacial score (nSPS) is 14.9. The quantitative estimate of drug-likeness (QED) is 0.764. The molecule has 7 nitrogen and oxygen atoms in total. The minimum absolute atomic E-state index is 0.202. The van der Waals surface area contributed by atoms with Crippen LogP contribution in [0.2, 0.25) is 0 Å². The van der Waals surface area contributed by atoms with Gasteiger partial charge in [-0.3, -0.25) is 4.79 Å². The van der Waals surface area contributed by atoms with Crippen LogP contribution in [-0.2, 0) is 0 Å². The molecule has 0 saturated carbocycles. The maximum absolute atomic E-state index is 12.4. The maximum Gasteiger partial charge on any atom is 0.274 e. The van der Waals surface area contributed by atoms with Crippen molar-refractivity contribution in [2.75, 3.05) is 75.9 Å². The van der Waals surface area contributed by atoms with Gasteiger partial charge >= 0.3 is 0 Å². The highest BCUT2D eigenvalue weighted by Gasteiger charge is 2.14. The number of nitrogens with one attached hydrogen (secondary N) is 2. The van der Waals surface area contributed by atoms with Gasteiger partial charge in [0.15, 0.2) is 0 Å². The highest BCUT2D eigenvalue weighted by Crippen LogP contribution is 2.19. The molecule has 1 aliphatic rings. The molecule has 0 spiro atoms. The molecule has 1 amide bonds. The first-order valence-electron chi connectivity index (χ1n) is 9.71. The van der Waals surface area contributed by atoms with Crippen LogP contribution < -0.4 is 15.5 Å². The van der Waals surface area contributed by atoms with E-state index in [9.17, 15) is 4.79 Å². The molecule has 0 bridgehead atoms. The third kappa shape index (κ3) is 5.68. The Morgan fingerprint density at radius 1 is 1.04 bits per heavy atom. The number of pyridine rings is 1. The minimum atomic E-state index is -0.202. The molecule has 0 atom stereocenters. The van der Waals surface area contributed by atoms with Crippen LogP contribution in [0.3, 0.4) is 0 Å². The summed E-state index contributed by atoms with van der Waals surface area (Å²) in [5.74, 6) is -0.202. The molecule has 1 aliphatic heterocycles. The van der Waals surface area contributed by atoms with Crippen molar-refractivity contribution in [3.63, 3.8) is 0 Å². The van der Waals surface area contributed by atoms with Gasteiger partial charge in [0.2, 0.25) is 0 Å². The summed E-state index contributed by atoms with van der Waals surface area (Å²) in [5, 5.41) is 6.21. The molecule has 2 aromatic rings. The molecule has 3 rings (SSSR count). The lowest BCUT2D eigenvalue weighted by Crippen LogP contribution is -2.44. The summed E-state index contributed by atoms with van der Waals surface area (Å²) in [7, 11) is 6.21. The second-order valence-corrected chi connectivity index (χ2v) is 7.45. The average molecular weight is 383 g/mol.